The molecule has 1 aromatic rings. The molecule has 1 amide bonds. The van der Waals surface area contributed by atoms with Gasteiger partial charge in [0.1, 0.15) is 6.04 Å². The summed E-state index contributed by atoms with van der Waals surface area (Å²) in [7, 11) is 0. The summed E-state index contributed by atoms with van der Waals surface area (Å²) >= 11 is 1.45. The quantitative estimate of drug-likeness (QED) is 0.769. The van der Waals surface area contributed by atoms with E-state index in [4.69, 9.17) is 10.8 Å². The molecule has 0 saturated heterocycles. The van der Waals surface area contributed by atoms with Crippen molar-refractivity contribution in [2.45, 2.75) is 25.4 Å². The van der Waals surface area contributed by atoms with Gasteiger partial charge < -0.3 is 15.7 Å². The van der Waals surface area contributed by atoms with E-state index in [1.807, 2.05) is 17.0 Å². The van der Waals surface area contributed by atoms with Crippen LogP contribution in [0.3, 0.4) is 0 Å². The van der Waals surface area contributed by atoms with Crippen LogP contribution in [0.1, 0.15) is 17.5 Å². The lowest BCUT2D eigenvalue weighted by molar-refractivity contribution is -0.138. The summed E-state index contributed by atoms with van der Waals surface area (Å²) in [4.78, 5) is 24.6. The van der Waals surface area contributed by atoms with E-state index in [1.165, 1.54) is 22.9 Å². The van der Waals surface area contributed by atoms with E-state index in [9.17, 15) is 9.59 Å². The monoisotopic (exact) mass is 308 g/mol. The van der Waals surface area contributed by atoms with Gasteiger partial charge in [0.05, 0.1) is 5.75 Å². The highest BCUT2D eigenvalue weighted by Crippen LogP contribution is 2.19. The van der Waals surface area contributed by atoms with E-state index < -0.39 is 12.0 Å². The van der Waals surface area contributed by atoms with Gasteiger partial charge in [-0.05, 0) is 29.7 Å². The van der Waals surface area contributed by atoms with Gasteiger partial charge in [-0.25, -0.2) is 0 Å². The molecular weight excluding hydrogens is 288 g/mol. The average molecular weight is 308 g/mol. The van der Waals surface area contributed by atoms with Crippen molar-refractivity contribution in [3.05, 3.63) is 35.4 Å². The zero-order valence-electron chi connectivity index (χ0n) is 11.8. The van der Waals surface area contributed by atoms with Crippen LogP contribution in [0.4, 0.5) is 0 Å². The van der Waals surface area contributed by atoms with Crippen LogP contribution in [0.5, 0.6) is 0 Å². The highest BCUT2D eigenvalue weighted by atomic mass is 32.2. The van der Waals surface area contributed by atoms with Crippen molar-refractivity contribution in [2.24, 2.45) is 5.73 Å². The summed E-state index contributed by atoms with van der Waals surface area (Å²) in [5, 5.41) is 8.68. The molecule has 1 unspecified atom stereocenters. The Balaban J connectivity index is 1.74. The molecule has 114 valence electrons. The fourth-order valence-electron chi connectivity index (χ4n) is 2.29. The molecule has 0 fully saturated rings. The lowest BCUT2D eigenvalue weighted by atomic mass is 10.00. The molecule has 3 N–H and O–H groups in total. The maximum absolute atomic E-state index is 12.1. The number of carbonyl (C=O) groups excluding carboxylic acids is 1. The highest BCUT2D eigenvalue weighted by Gasteiger charge is 2.20. The molecule has 21 heavy (non-hydrogen) atoms. The van der Waals surface area contributed by atoms with E-state index in [1.54, 1.807) is 0 Å². The maximum Gasteiger partial charge on any atom is 0.320 e. The van der Waals surface area contributed by atoms with Gasteiger partial charge in [0.2, 0.25) is 5.91 Å². The molecule has 1 aliphatic rings. The number of carbonyl (C=O) groups is 2. The number of fused-ring (bicyclic) bond motifs is 1. The normalized spacial score (nSPS) is 15.4. The van der Waals surface area contributed by atoms with Gasteiger partial charge in [-0.3, -0.25) is 9.59 Å². The van der Waals surface area contributed by atoms with Crippen LogP contribution in [0.15, 0.2) is 24.3 Å². The molecule has 6 heteroatoms. The van der Waals surface area contributed by atoms with Crippen LogP contribution in [0.25, 0.3) is 0 Å². The summed E-state index contributed by atoms with van der Waals surface area (Å²) in [6.07, 6.45) is 1.28. The molecule has 1 heterocycles. The SMILES string of the molecule is NC(CCSCC(=O)N1CCc2ccccc2C1)C(=O)O. The van der Waals surface area contributed by atoms with Crippen molar-refractivity contribution in [2.75, 3.05) is 18.1 Å². The van der Waals surface area contributed by atoms with Crippen molar-refractivity contribution in [1.29, 1.82) is 0 Å². The first-order valence-corrected chi connectivity index (χ1v) is 8.14. The molecule has 0 aromatic heterocycles. The number of nitrogens with zero attached hydrogens (tertiary/aromatic N) is 1. The second-order valence-corrected chi connectivity index (χ2v) is 6.23. The van der Waals surface area contributed by atoms with Crippen molar-refractivity contribution < 1.29 is 14.7 Å². The van der Waals surface area contributed by atoms with Crippen LogP contribution in [-0.4, -0.2) is 46.0 Å². The Hall–Kier alpha value is -1.53. The van der Waals surface area contributed by atoms with Gasteiger partial charge in [0.25, 0.3) is 0 Å². The van der Waals surface area contributed by atoms with Crippen LogP contribution >= 0.6 is 11.8 Å². The Morgan fingerprint density at radius 1 is 1.33 bits per heavy atom. The largest absolute Gasteiger partial charge is 0.480 e. The Bertz CT molecular complexity index is 521. The van der Waals surface area contributed by atoms with Crippen molar-refractivity contribution >= 4 is 23.6 Å². The summed E-state index contributed by atoms with van der Waals surface area (Å²) < 4.78 is 0. The molecule has 0 aliphatic carbocycles. The Kier molecular flexibility index (Phi) is 5.64. The standard InChI is InChI=1S/C15H20N2O3S/c16-13(15(19)20)6-8-21-10-14(18)17-7-5-11-3-1-2-4-12(11)9-17/h1-4,13H,5-10,16H2,(H,19,20). The number of nitrogens with two attached hydrogens (primary N) is 1. The molecule has 1 aliphatic heterocycles. The maximum atomic E-state index is 12.1. The minimum Gasteiger partial charge on any atom is -0.480 e. The first-order chi connectivity index (χ1) is 10.1. The van der Waals surface area contributed by atoms with Gasteiger partial charge in [0.15, 0.2) is 0 Å². The number of carboxylic acids is 1. The predicted octanol–water partition coefficient (Wildman–Crippen LogP) is 1.11. The smallest absolute Gasteiger partial charge is 0.320 e. The average Bonchev–Trinajstić information content (AvgIpc) is 2.50. The molecule has 0 spiro atoms. The molecule has 0 bridgehead atoms. The predicted molar refractivity (Wildman–Crippen MR) is 83.1 cm³/mol. The number of aliphatic carboxylic acids is 1. The molecule has 5 nitrogen and oxygen atoms in total. The number of rotatable bonds is 6. The van der Waals surface area contributed by atoms with Gasteiger partial charge in [0, 0.05) is 13.1 Å². The summed E-state index contributed by atoms with van der Waals surface area (Å²) in [6, 6.07) is 7.36. The number of hydrogen-bond donors (Lipinski definition) is 2. The zero-order valence-corrected chi connectivity index (χ0v) is 12.6. The van der Waals surface area contributed by atoms with Crippen LogP contribution in [0.2, 0.25) is 0 Å². The van der Waals surface area contributed by atoms with E-state index in [0.717, 1.165) is 13.0 Å². The number of amides is 1. The second-order valence-electron chi connectivity index (χ2n) is 5.12. The molecule has 1 aromatic carbocycles. The zero-order chi connectivity index (χ0) is 15.2. The minimum atomic E-state index is -0.991. The van der Waals surface area contributed by atoms with Gasteiger partial charge in [-0.1, -0.05) is 24.3 Å². The first kappa shape index (κ1) is 15.9. The third-order valence-electron chi connectivity index (χ3n) is 3.60. The van der Waals surface area contributed by atoms with E-state index in [0.29, 0.717) is 24.5 Å². The molecular formula is C15H20N2O3S. The first-order valence-electron chi connectivity index (χ1n) is 6.98. The van der Waals surface area contributed by atoms with Gasteiger partial charge >= 0.3 is 5.97 Å². The minimum absolute atomic E-state index is 0.110. The Morgan fingerprint density at radius 3 is 2.76 bits per heavy atom. The molecule has 0 radical (unpaired) electrons. The van der Waals surface area contributed by atoms with Crippen molar-refractivity contribution in [3.63, 3.8) is 0 Å². The lowest BCUT2D eigenvalue weighted by Crippen LogP contribution is -2.37. The van der Waals surface area contributed by atoms with Crippen molar-refractivity contribution in [3.8, 4) is 0 Å². The van der Waals surface area contributed by atoms with E-state index in [-0.39, 0.29) is 5.91 Å². The Morgan fingerprint density at radius 2 is 2.05 bits per heavy atom. The van der Waals surface area contributed by atoms with Crippen LogP contribution < -0.4 is 5.73 Å². The number of hydrogen-bond acceptors (Lipinski definition) is 4. The number of benzene rings is 1. The summed E-state index contributed by atoms with van der Waals surface area (Å²) in [6.45, 7) is 1.43. The van der Waals surface area contributed by atoms with Gasteiger partial charge in [-0.15, -0.1) is 0 Å². The summed E-state index contributed by atoms with van der Waals surface area (Å²) in [5.41, 5.74) is 7.96. The van der Waals surface area contributed by atoms with Crippen LogP contribution in [-0.2, 0) is 22.6 Å². The Labute approximate surface area is 128 Å². The van der Waals surface area contributed by atoms with E-state index in [2.05, 4.69) is 12.1 Å². The summed E-state index contributed by atoms with van der Waals surface area (Å²) in [5.74, 6) is 0.0889. The highest BCUT2D eigenvalue weighted by molar-refractivity contribution is 7.99. The third kappa shape index (κ3) is 4.47. The second kappa shape index (κ2) is 7.47. The lowest BCUT2D eigenvalue weighted by Gasteiger charge is -2.28. The molecule has 1 atom stereocenters. The number of carboxylic acid groups (broad SMARTS) is 1. The molecule has 0 saturated carbocycles. The van der Waals surface area contributed by atoms with Crippen LogP contribution in [0, 0.1) is 0 Å². The molecule has 2 rings (SSSR count). The van der Waals surface area contributed by atoms with Gasteiger partial charge in [-0.2, -0.15) is 11.8 Å². The fourth-order valence-corrected chi connectivity index (χ4v) is 3.22. The van der Waals surface area contributed by atoms with Crippen molar-refractivity contribution in [1.82, 2.24) is 4.90 Å². The topological polar surface area (TPSA) is 83.6 Å². The van der Waals surface area contributed by atoms with E-state index >= 15 is 0 Å². The fraction of sp³-hybridized carbons (Fsp3) is 0.467. The number of thioether (sulfide) groups is 1. The third-order valence-corrected chi connectivity index (χ3v) is 4.57.